The number of hydrogen-bond acceptors (Lipinski definition) is 3. The van der Waals surface area contributed by atoms with Gasteiger partial charge in [-0.05, 0) is 32.4 Å². The van der Waals surface area contributed by atoms with E-state index < -0.39 is 0 Å². The number of hydrogen-bond donors (Lipinski definition) is 3. The van der Waals surface area contributed by atoms with Gasteiger partial charge in [-0.15, -0.1) is 0 Å². The smallest absolute Gasteiger partial charge is 0.254 e. The fourth-order valence-electron chi connectivity index (χ4n) is 1.81. The molecular formula is C10H16N4O. The monoisotopic (exact) mass is 208 g/mol. The number of aromatic nitrogens is 2. The fourth-order valence-corrected chi connectivity index (χ4v) is 1.81. The summed E-state index contributed by atoms with van der Waals surface area (Å²) in [6, 6.07) is 0.294. The molecule has 0 spiro atoms. The van der Waals surface area contributed by atoms with Gasteiger partial charge in [0.05, 0.1) is 11.8 Å². The predicted octanol–water partition coefficient (Wildman–Crippen LogP) is 0.282. The van der Waals surface area contributed by atoms with E-state index >= 15 is 0 Å². The van der Waals surface area contributed by atoms with Crippen LogP contribution in [0.1, 0.15) is 29.6 Å². The molecule has 0 aromatic carbocycles. The van der Waals surface area contributed by atoms with Gasteiger partial charge >= 0.3 is 0 Å². The van der Waals surface area contributed by atoms with Gasteiger partial charge in [0.25, 0.3) is 5.91 Å². The van der Waals surface area contributed by atoms with Gasteiger partial charge in [0.2, 0.25) is 0 Å². The highest BCUT2D eigenvalue weighted by Gasteiger charge is 2.15. The molecule has 1 unspecified atom stereocenters. The topological polar surface area (TPSA) is 69.8 Å². The summed E-state index contributed by atoms with van der Waals surface area (Å²) in [5.41, 5.74) is 0.604. The second-order valence-electron chi connectivity index (χ2n) is 3.84. The maximum absolute atomic E-state index is 11.7. The van der Waals surface area contributed by atoms with Crippen molar-refractivity contribution in [3.63, 3.8) is 0 Å². The number of aromatic amines is 1. The number of nitrogens with zero attached hydrogens (tertiary/aromatic N) is 1. The van der Waals surface area contributed by atoms with Gasteiger partial charge in [-0.1, -0.05) is 0 Å². The molecule has 0 saturated carbocycles. The van der Waals surface area contributed by atoms with Gasteiger partial charge in [0, 0.05) is 12.2 Å². The lowest BCUT2D eigenvalue weighted by molar-refractivity contribution is 0.0934. The number of nitrogens with one attached hydrogen (secondary N) is 3. The molecule has 82 valence electrons. The summed E-state index contributed by atoms with van der Waals surface area (Å²) in [6.45, 7) is 2.04. The Kier molecular flexibility index (Phi) is 3.34. The number of carbonyl (C=O) groups is 1. The van der Waals surface area contributed by atoms with Crippen LogP contribution >= 0.6 is 0 Å². The molecule has 0 aliphatic carbocycles. The van der Waals surface area contributed by atoms with Crippen LogP contribution in [0.3, 0.4) is 0 Å². The lowest BCUT2D eigenvalue weighted by atomic mass is 10.1. The van der Waals surface area contributed by atoms with Crippen molar-refractivity contribution in [1.29, 1.82) is 0 Å². The molecular weight excluding hydrogens is 192 g/mol. The fraction of sp³-hybridized carbons (Fsp3) is 0.600. The molecule has 15 heavy (non-hydrogen) atoms. The zero-order valence-corrected chi connectivity index (χ0v) is 8.62. The minimum atomic E-state index is -0.0318. The van der Waals surface area contributed by atoms with E-state index in [-0.39, 0.29) is 5.91 Å². The van der Waals surface area contributed by atoms with Crippen LogP contribution in [0, 0.1) is 0 Å². The third-order valence-electron chi connectivity index (χ3n) is 2.67. The molecule has 1 amide bonds. The molecule has 0 bridgehead atoms. The summed E-state index contributed by atoms with van der Waals surface area (Å²) in [5.74, 6) is -0.0318. The zero-order valence-electron chi connectivity index (χ0n) is 8.62. The largest absolute Gasteiger partial charge is 0.349 e. The Morgan fingerprint density at radius 3 is 3.20 bits per heavy atom. The van der Waals surface area contributed by atoms with Gasteiger partial charge in [-0.2, -0.15) is 5.10 Å². The summed E-state index contributed by atoms with van der Waals surface area (Å²) in [7, 11) is 0. The Balaban J connectivity index is 1.87. The highest BCUT2D eigenvalue weighted by molar-refractivity contribution is 5.93. The molecule has 1 fully saturated rings. The molecule has 1 saturated heterocycles. The van der Waals surface area contributed by atoms with Crippen LogP contribution in [0.15, 0.2) is 12.4 Å². The molecule has 0 radical (unpaired) electrons. The first-order valence-electron chi connectivity index (χ1n) is 5.36. The molecule has 1 aromatic rings. The minimum absolute atomic E-state index is 0.0318. The first kappa shape index (κ1) is 10.2. The van der Waals surface area contributed by atoms with Crippen molar-refractivity contribution in [3.8, 4) is 0 Å². The molecule has 1 atom stereocenters. The second-order valence-corrected chi connectivity index (χ2v) is 3.84. The lowest BCUT2D eigenvalue weighted by Crippen LogP contribution is -2.35. The zero-order chi connectivity index (χ0) is 10.5. The summed E-state index contributed by atoms with van der Waals surface area (Å²) < 4.78 is 0. The van der Waals surface area contributed by atoms with Gasteiger partial charge < -0.3 is 10.6 Å². The molecule has 2 heterocycles. The van der Waals surface area contributed by atoms with Crippen molar-refractivity contribution < 1.29 is 4.79 Å². The van der Waals surface area contributed by atoms with Gasteiger partial charge in [0.15, 0.2) is 0 Å². The van der Waals surface area contributed by atoms with E-state index in [0.29, 0.717) is 11.6 Å². The van der Waals surface area contributed by atoms with Crippen molar-refractivity contribution in [2.75, 3.05) is 13.1 Å². The third-order valence-corrected chi connectivity index (χ3v) is 2.67. The molecule has 5 heteroatoms. The summed E-state index contributed by atoms with van der Waals surface area (Å²) in [5, 5.41) is 12.7. The second kappa shape index (κ2) is 4.93. The Morgan fingerprint density at radius 1 is 1.47 bits per heavy atom. The van der Waals surface area contributed by atoms with Crippen LogP contribution in [0.4, 0.5) is 0 Å². The number of carbonyl (C=O) groups excluding carboxylic acids is 1. The van der Waals surface area contributed by atoms with Crippen molar-refractivity contribution in [2.24, 2.45) is 0 Å². The van der Waals surface area contributed by atoms with Crippen LogP contribution in [0.2, 0.25) is 0 Å². The van der Waals surface area contributed by atoms with Crippen molar-refractivity contribution >= 4 is 5.91 Å². The van der Waals surface area contributed by atoms with Crippen molar-refractivity contribution in [3.05, 3.63) is 18.0 Å². The molecule has 1 aromatic heterocycles. The van der Waals surface area contributed by atoms with E-state index in [1.807, 2.05) is 0 Å². The summed E-state index contributed by atoms with van der Waals surface area (Å²) >= 11 is 0. The SMILES string of the molecule is O=C(NC1CCCNCC1)c1cn[nH]c1. The van der Waals surface area contributed by atoms with Crippen LogP contribution in [-0.2, 0) is 0 Å². The first-order valence-corrected chi connectivity index (χ1v) is 5.36. The predicted molar refractivity (Wildman–Crippen MR) is 56.6 cm³/mol. The first-order chi connectivity index (χ1) is 7.36. The number of amides is 1. The van der Waals surface area contributed by atoms with E-state index in [1.54, 1.807) is 12.4 Å². The molecule has 5 nitrogen and oxygen atoms in total. The third kappa shape index (κ3) is 2.79. The lowest BCUT2D eigenvalue weighted by Gasteiger charge is -2.14. The van der Waals surface area contributed by atoms with E-state index in [0.717, 1.165) is 32.4 Å². The Labute approximate surface area is 88.6 Å². The summed E-state index contributed by atoms with van der Waals surface area (Å²) in [6.07, 6.45) is 6.34. The van der Waals surface area contributed by atoms with Gasteiger partial charge in [-0.25, -0.2) is 0 Å². The standard InChI is InChI=1S/C10H16N4O/c15-10(8-6-12-13-7-8)14-9-2-1-4-11-5-3-9/h6-7,9,11H,1-5H2,(H,12,13)(H,14,15). The average Bonchev–Trinajstić information content (AvgIpc) is 2.65. The average molecular weight is 208 g/mol. The van der Waals surface area contributed by atoms with Crippen molar-refractivity contribution in [2.45, 2.75) is 25.3 Å². The van der Waals surface area contributed by atoms with Crippen LogP contribution in [-0.4, -0.2) is 35.2 Å². The molecule has 2 rings (SSSR count). The Morgan fingerprint density at radius 2 is 2.40 bits per heavy atom. The van der Waals surface area contributed by atoms with Crippen LogP contribution in [0.5, 0.6) is 0 Å². The van der Waals surface area contributed by atoms with Gasteiger partial charge in [0.1, 0.15) is 0 Å². The van der Waals surface area contributed by atoms with Crippen LogP contribution in [0.25, 0.3) is 0 Å². The Bertz CT molecular complexity index is 301. The van der Waals surface area contributed by atoms with Crippen LogP contribution < -0.4 is 10.6 Å². The molecule has 3 N–H and O–H groups in total. The molecule has 1 aliphatic rings. The maximum Gasteiger partial charge on any atom is 0.254 e. The van der Waals surface area contributed by atoms with Crippen molar-refractivity contribution in [1.82, 2.24) is 20.8 Å². The highest BCUT2D eigenvalue weighted by atomic mass is 16.1. The van der Waals surface area contributed by atoms with E-state index in [2.05, 4.69) is 20.8 Å². The normalized spacial score (nSPS) is 22.0. The highest BCUT2D eigenvalue weighted by Crippen LogP contribution is 2.06. The number of rotatable bonds is 2. The van der Waals surface area contributed by atoms with E-state index in [1.165, 1.54) is 0 Å². The Hall–Kier alpha value is -1.36. The van der Waals surface area contributed by atoms with E-state index in [4.69, 9.17) is 0 Å². The quantitative estimate of drug-likeness (QED) is 0.654. The molecule has 1 aliphatic heterocycles. The maximum atomic E-state index is 11.7. The van der Waals surface area contributed by atoms with Gasteiger partial charge in [-0.3, -0.25) is 9.89 Å². The number of H-pyrrole nitrogens is 1. The minimum Gasteiger partial charge on any atom is -0.349 e. The summed E-state index contributed by atoms with van der Waals surface area (Å²) in [4.78, 5) is 11.7. The van der Waals surface area contributed by atoms with E-state index in [9.17, 15) is 4.79 Å².